The third-order valence-corrected chi connectivity index (χ3v) is 11.4. The number of unbranched alkanes of at least 4 members (excludes halogenated alkanes) is 3. The van der Waals surface area contributed by atoms with E-state index in [1.54, 1.807) is 23.5 Å². The number of hydrogen-bond donors (Lipinski definition) is 3. The Bertz CT molecular complexity index is 2000. The van der Waals surface area contributed by atoms with Crippen LogP contribution in [-0.2, 0) is 23.8 Å². The van der Waals surface area contributed by atoms with Crippen molar-refractivity contribution in [3.63, 3.8) is 0 Å². The molecule has 14 heteroatoms. The molecule has 0 aromatic heterocycles. The molecule has 2 atom stereocenters. The summed E-state index contributed by atoms with van der Waals surface area (Å²) in [6.45, 7) is 7.35. The van der Waals surface area contributed by atoms with Crippen molar-refractivity contribution in [1.29, 1.82) is 0 Å². The highest BCUT2D eigenvalue weighted by molar-refractivity contribution is 7.99. The number of alkyl carbamates (subject to hydrolysis) is 2. The maximum atomic E-state index is 12.7. The van der Waals surface area contributed by atoms with Crippen molar-refractivity contribution in [1.82, 2.24) is 10.6 Å². The van der Waals surface area contributed by atoms with Crippen LogP contribution in [-0.4, -0.2) is 97.4 Å². The lowest BCUT2D eigenvalue weighted by atomic mass is 10.1. The number of amides is 2. The molecular formula is C48H56N2O10S2. The Balaban J connectivity index is 1.21. The summed E-state index contributed by atoms with van der Waals surface area (Å²) in [5, 5.41) is 14.3. The smallest absolute Gasteiger partial charge is 0.407 e. The number of esters is 1. The number of carboxylic acid groups (broad SMARTS) is 1. The summed E-state index contributed by atoms with van der Waals surface area (Å²) < 4.78 is 28.9. The number of carboxylic acids is 1. The molecule has 0 saturated heterocycles. The number of benzene rings is 4. The van der Waals surface area contributed by atoms with E-state index in [0.29, 0.717) is 23.0 Å². The van der Waals surface area contributed by atoms with E-state index in [2.05, 4.69) is 23.8 Å². The summed E-state index contributed by atoms with van der Waals surface area (Å²) in [6, 6.07) is 35.3. The van der Waals surface area contributed by atoms with Crippen molar-refractivity contribution in [2.24, 2.45) is 0 Å². The standard InChI is InChI=1S/C48H56N2O10S2/c1-3-45(51)56-29-28-50-48(55)60-40(33-58-44-25-15-13-23-42(44)38-20-10-7-11-21-38)35-62-31-17-5-4-16-30-61-34-39(59-47(54)49-27-26-36(2)46(52)53)32-57-43-24-14-12-22-41(43)37-18-8-6-9-19-37/h3,6-15,18-25,39-40H,1-2,4-5,16-17,26-35H2,(H,49,54)(H,50,55)(H,52,53). The maximum Gasteiger partial charge on any atom is 0.407 e. The van der Waals surface area contributed by atoms with Crippen LogP contribution in [0.4, 0.5) is 9.59 Å². The molecule has 0 aliphatic rings. The minimum Gasteiger partial charge on any atom is -0.489 e. The van der Waals surface area contributed by atoms with E-state index in [4.69, 9.17) is 28.8 Å². The zero-order valence-electron chi connectivity index (χ0n) is 34.9. The van der Waals surface area contributed by atoms with Gasteiger partial charge in [0.2, 0.25) is 0 Å². The van der Waals surface area contributed by atoms with E-state index in [0.717, 1.165) is 65.5 Å². The van der Waals surface area contributed by atoms with E-state index in [1.165, 1.54) is 0 Å². The number of rotatable bonds is 29. The molecule has 0 saturated carbocycles. The van der Waals surface area contributed by atoms with Crippen molar-refractivity contribution < 1.29 is 48.0 Å². The number of nitrogens with one attached hydrogen (secondary N) is 2. The Morgan fingerprint density at radius 2 is 1.08 bits per heavy atom. The van der Waals surface area contributed by atoms with Gasteiger partial charge in [-0.05, 0) is 54.0 Å². The molecule has 0 spiro atoms. The topological polar surface area (TPSA) is 159 Å². The largest absolute Gasteiger partial charge is 0.489 e. The molecule has 0 radical (unpaired) electrons. The van der Waals surface area contributed by atoms with E-state index in [9.17, 15) is 19.2 Å². The van der Waals surface area contributed by atoms with Gasteiger partial charge in [0.1, 0.15) is 43.5 Å². The summed E-state index contributed by atoms with van der Waals surface area (Å²) in [4.78, 5) is 47.7. The summed E-state index contributed by atoms with van der Waals surface area (Å²) in [5.74, 6) is 2.49. The van der Waals surface area contributed by atoms with Gasteiger partial charge in [0.15, 0.2) is 0 Å². The van der Waals surface area contributed by atoms with E-state index >= 15 is 0 Å². The fourth-order valence-corrected chi connectivity index (χ4v) is 7.86. The predicted octanol–water partition coefficient (Wildman–Crippen LogP) is 9.45. The molecule has 62 heavy (non-hydrogen) atoms. The summed E-state index contributed by atoms with van der Waals surface area (Å²) in [5.41, 5.74) is 3.90. The van der Waals surface area contributed by atoms with Crippen LogP contribution in [0.5, 0.6) is 11.5 Å². The van der Waals surface area contributed by atoms with Crippen LogP contribution in [0.3, 0.4) is 0 Å². The number of ether oxygens (including phenoxy) is 5. The van der Waals surface area contributed by atoms with Gasteiger partial charge < -0.3 is 39.4 Å². The van der Waals surface area contributed by atoms with Gasteiger partial charge >= 0.3 is 24.1 Å². The number of para-hydroxylation sites is 2. The summed E-state index contributed by atoms with van der Waals surface area (Å²) in [6.07, 6.45) is 2.81. The molecule has 2 unspecified atom stereocenters. The second kappa shape index (κ2) is 28.6. The average molecular weight is 885 g/mol. The first-order chi connectivity index (χ1) is 30.2. The molecule has 4 aromatic carbocycles. The van der Waals surface area contributed by atoms with Crippen molar-refractivity contribution >= 4 is 47.6 Å². The van der Waals surface area contributed by atoms with Gasteiger partial charge in [-0.15, -0.1) is 0 Å². The molecule has 0 bridgehead atoms. The highest BCUT2D eigenvalue weighted by Gasteiger charge is 2.19. The van der Waals surface area contributed by atoms with Crippen LogP contribution in [0, 0.1) is 0 Å². The van der Waals surface area contributed by atoms with Crippen LogP contribution >= 0.6 is 23.5 Å². The minimum absolute atomic E-state index is 0.00237. The van der Waals surface area contributed by atoms with Crippen LogP contribution in [0.15, 0.2) is 134 Å². The Hall–Kier alpha value is -5.86. The average Bonchev–Trinajstić information content (AvgIpc) is 3.29. The molecule has 12 nitrogen and oxygen atoms in total. The number of aliphatic carboxylic acids is 1. The third kappa shape index (κ3) is 18.8. The first-order valence-electron chi connectivity index (χ1n) is 20.5. The monoisotopic (exact) mass is 884 g/mol. The van der Waals surface area contributed by atoms with Gasteiger partial charge in [0.25, 0.3) is 0 Å². The van der Waals surface area contributed by atoms with Crippen molar-refractivity contribution in [2.45, 2.75) is 44.3 Å². The number of thioether (sulfide) groups is 2. The lowest BCUT2D eigenvalue weighted by molar-refractivity contribution is -0.137. The second-order valence-corrected chi connectivity index (χ2v) is 16.1. The fraction of sp³-hybridized carbons (Fsp3) is 0.333. The lowest BCUT2D eigenvalue weighted by Gasteiger charge is -2.20. The normalized spacial score (nSPS) is 11.6. The van der Waals surface area contributed by atoms with E-state index < -0.39 is 36.3 Å². The van der Waals surface area contributed by atoms with E-state index in [-0.39, 0.29) is 44.9 Å². The number of carbonyl (C=O) groups excluding carboxylic acids is 3. The summed E-state index contributed by atoms with van der Waals surface area (Å²) >= 11 is 3.37. The van der Waals surface area contributed by atoms with Gasteiger partial charge in [-0.3, -0.25) is 0 Å². The van der Waals surface area contributed by atoms with Crippen LogP contribution in [0.1, 0.15) is 32.1 Å². The van der Waals surface area contributed by atoms with Crippen molar-refractivity contribution in [3.8, 4) is 33.8 Å². The minimum atomic E-state index is -1.11. The van der Waals surface area contributed by atoms with Gasteiger partial charge in [-0.1, -0.05) is 123 Å². The summed E-state index contributed by atoms with van der Waals surface area (Å²) in [7, 11) is 0. The van der Waals surface area contributed by atoms with Crippen LogP contribution < -0.4 is 20.1 Å². The SMILES string of the molecule is C=CC(=O)OCCNC(=O)OC(COc1ccccc1-c1ccccc1)CSCCCCCCSCC(COc1ccccc1-c1ccccc1)OC(=O)NCCC(=C)C(=O)O. The fourth-order valence-electron chi connectivity index (χ4n) is 5.86. The number of hydrogen-bond acceptors (Lipinski definition) is 11. The molecule has 330 valence electrons. The molecule has 3 N–H and O–H groups in total. The zero-order chi connectivity index (χ0) is 44.2. The van der Waals surface area contributed by atoms with Gasteiger partial charge in [-0.2, -0.15) is 23.5 Å². The molecule has 2 amide bonds. The quantitative estimate of drug-likeness (QED) is 0.0206. The maximum absolute atomic E-state index is 12.7. The highest BCUT2D eigenvalue weighted by atomic mass is 32.2. The molecular weight excluding hydrogens is 829 g/mol. The van der Waals surface area contributed by atoms with Crippen LogP contribution in [0.25, 0.3) is 22.3 Å². The van der Waals surface area contributed by atoms with Gasteiger partial charge in [0.05, 0.1) is 6.54 Å². The Morgan fingerprint density at radius 1 is 0.629 bits per heavy atom. The Labute approximate surface area is 372 Å². The molecule has 4 aromatic rings. The Morgan fingerprint density at radius 3 is 1.55 bits per heavy atom. The Kier molecular flexibility index (Phi) is 22.5. The molecule has 0 heterocycles. The molecule has 0 aliphatic heterocycles. The lowest BCUT2D eigenvalue weighted by Crippen LogP contribution is -2.35. The van der Waals surface area contributed by atoms with Crippen LogP contribution in [0.2, 0.25) is 0 Å². The first kappa shape index (κ1) is 48.8. The predicted molar refractivity (Wildman–Crippen MR) is 247 cm³/mol. The van der Waals surface area contributed by atoms with Crippen molar-refractivity contribution in [3.05, 3.63) is 134 Å². The second-order valence-electron chi connectivity index (χ2n) is 13.8. The molecule has 0 fully saturated rings. The van der Waals surface area contributed by atoms with Gasteiger partial charge in [-0.25, -0.2) is 19.2 Å². The third-order valence-electron chi connectivity index (χ3n) is 9.06. The van der Waals surface area contributed by atoms with Crippen molar-refractivity contribution in [2.75, 3.05) is 55.9 Å². The van der Waals surface area contributed by atoms with Gasteiger partial charge in [0, 0.05) is 40.8 Å². The first-order valence-corrected chi connectivity index (χ1v) is 22.8. The highest BCUT2D eigenvalue weighted by Crippen LogP contribution is 2.31. The number of carbonyl (C=O) groups is 4. The molecule has 4 rings (SSSR count). The molecule has 0 aliphatic carbocycles. The zero-order valence-corrected chi connectivity index (χ0v) is 36.5. The van der Waals surface area contributed by atoms with E-state index in [1.807, 2.05) is 109 Å².